The summed E-state index contributed by atoms with van der Waals surface area (Å²) in [5.41, 5.74) is 2.02. The van der Waals surface area contributed by atoms with E-state index >= 15 is 0 Å². The Kier molecular flexibility index (Phi) is 4.78. The van der Waals surface area contributed by atoms with E-state index in [-0.39, 0.29) is 24.1 Å². The van der Waals surface area contributed by atoms with Crippen molar-refractivity contribution in [1.29, 1.82) is 0 Å². The maximum atomic E-state index is 12.4. The predicted molar refractivity (Wildman–Crippen MR) is 107 cm³/mol. The molecule has 9 nitrogen and oxygen atoms in total. The van der Waals surface area contributed by atoms with Gasteiger partial charge in [-0.15, -0.1) is 5.10 Å². The average molecular weight is 390 g/mol. The number of carbonyl (C=O) groups excluding carboxylic acids is 3. The molecule has 0 aliphatic carbocycles. The lowest BCUT2D eigenvalue weighted by atomic mass is 10.2. The van der Waals surface area contributed by atoms with Gasteiger partial charge in [-0.05, 0) is 24.3 Å². The number of rotatable bonds is 5. The molecule has 9 heteroatoms. The van der Waals surface area contributed by atoms with Gasteiger partial charge in [0.05, 0.1) is 6.42 Å². The second-order valence-corrected chi connectivity index (χ2v) is 6.59. The number of amides is 3. The van der Waals surface area contributed by atoms with Crippen LogP contribution in [0.4, 0.5) is 17.3 Å². The zero-order valence-corrected chi connectivity index (χ0v) is 15.5. The van der Waals surface area contributed by atoms with Crippen LogP contribution in [0.1, 0.15) is 19.4 Å². The second kappa shape index (κ2) is 7.55. The molecule has 0 saturated carbocycles. The topological polar surface area (TPSA) is 118 Å². The van der Waals surface area contributed by atoms with Crippen molar-refractivity contribution in [2.75, 3.05) is 16.0 Å². The summed E-state index contributed by atoms with van der Waals surface area (Å²) in [5, 5.41) is 12.5. The number of carbonyl (C=O) groups is 3. The van der Waals surface area contributed by atoms with E-state index in [2.05, 4.69) is 26.0 Å². The van der Waals surface area contributed by atoms with Crippen molar-refractivity contribution in [3.63, 3.8) is 0 Å². The monoisotopic (exact) mass is 390 g/mol. The molecule has 2 aromatic carbocycles. The molecule has 0 saturated heterocycles. The minimum atomic E-state index is -0.770. The van der Waals surface area contributed by atoms with Crippen molar-refractivity contribution in [2.24, 2.45) is 0 Å². The lowest BCUT2D eigenvalue weighted by Gasteiger charge is -2.10. The highest BCUT2D eigenvalue weighted by Gasteiger charge is 2.35. The Balaban J connectivity index is 1.44. The van der Waals surface area contributed by atoms with E-state index in [9.17, 15) is 14.4 Å². The van der Waals surface area contributed by atoms with Gasteiger partial charge in [0.2, 0.25) is 17.8 Å². The molecular formula is C20H18N6O3. The molecule has 0 unspecified atom stereocenters. The van der Waals surface area contributed by atoms with E-state index in [1.54, 1.807) is 24.3 Å². The van der Waals surface area contributed by atoms with Crippen LogP contribution in [0.15, 0.2) is 54.6 Å². The van der Waals surface area contributed by atoms with Crippen molar-refractivity contribution in [1.82, 2.24) is 14.8 Å². The van der Waals surface area contributed by atoms with Crippen molar-refractivity contribution in [3.8, 4) is 11.4 Å². The van der Waals surface area contributed by atoms with Crippen LogP contribution in [0.2, 0.25) is 0 Å². The first-order valence-electron chi connectivity index (χ1n) is 9.00. The number of fused-ring (bicyclic) bond motifs is 1. The maximum Gasteiger partial charge on any atom is 0.252 e. The van der Waals surface area contributed by atoms with Crippen LogP contribution in [-0.4, -0.2) is 32.5 Å². The van der Waals surface area contributed by atoms with E-state index in [0.29, 0.717) is 23.1 Å². The SMILES string of the molecule is CC(=O)Nc1ccc(NC(=O)C[C@H]2C(=O)Nc3nc(-c4ccccc4)nn32)cc1. The molecule has 0 radical (unpaired) electrons. The smallest absolute Gasteiger partial charge is 0.252 e. The van der Waals surface area contributed by atoms with Gasteiger partial charge in [-0.3, -0.25) is 19.7 Å². The van der Waals surface area contributed by atoms with Crippen LogP contribution in [0.3, 0.4) is 0 Å². The molecule has 146 valence electrons. The third-order valence-electron chi connectivity index (χ3n) is 4.36. The van der Waals surface area contributed by atoms with Gasteiger partial charge in [-0.2, -0.15) is 4.98 Å². The highest BCUT2D eigenvalue weighted by atomic mass is 16.2. The molecule has 1 aromatic heterocycles. The summed E-state index contributed by atoms with van der Waals surface area (Å²) in [6, 6.07) is 15.3. The Morgan fingerprint density at radius 2 is 1.69 bits per heavy atom. The quantitative estimate of drug-likeness (QED) is 0.618. The summed E-state index contributed by atoms with van der Waals surface area (Å²) in [5.74, 6) is -0.0174. The summed E-state index contributed by atoms with van der Waals surface area (Å²) in [6.45, 7) is 1.42. The van der Waals surface area contributed by atoms with Crippen LogP contribution >= 0.6 is 0 Å². The van der Waals surface area contributed by atoms with Gasteiger partial charge in [0.1, 0.15) is 6.04 Å². The van der Waals surface area contributed by atoms with E-state index in [4.69, 9.17) is 0 Å². The first-order valence-corrected chi connectivity index (χ1v) is 9.00. The number of hydrogen-bond acceptors (Lipinski definition) is 5. The summed E-state index contributed by atoms with van der Waals surface area (Å²) in [6.07, 6.45) is -0.0795. The Bertz CT molecular complexity index is 1080. The van der Waals surface area contributed by atoms with Gasteiger partial charge < -0.3 is 10.6 Å². The molecule has 0 bridgehead atoms. The fraction of sp³-hybridized carbons (Fsp3) is 0.150. The highest BCUT2D eigenvalue weighted by Crippen LogP contribution is 2.28. The summed E-state index contributed by atoms with van der Waals surface area (Å²) >= 11 is 0. The van der Waals surface area contributed by atoms with Crippen molar-refractivity contribution >= 4 is 35.0 Å². The molecule has 1 atom stereocenters. The first kappa shape index (κ1) is 18.4. The fourth-order valence-electron chi connectivity index (χ4n) is 3.05. The van der Waals surface area contributed by atoms with Gasteiger partial charge in [-0.1, -0.05) is 30.3 Å². The van der Waals surface area contributed by atoms with Crippen LogP contribution < -0.4 is 16.0 Å². The third kappa shape index (κ3) is 3.98. The van der Waals surface area contributed by atoms with E-state index < -0.39 is 6.04 Å². The lowest BCUT2D eigenvalue weighted by molar-refractivity contribution is -0.123. The van der Waals surface area contributed by atoms with Crippen LogP contribution in [-0.2, 0) is 14.4 Å². The highest BCUT2D eigenvalue weighted by molar-refractivity contribution is 6.01. The lowest BCUT2D eigenvalue weighted by Crippen LogP contribution is -2.23. The number of nitrogens with zero attached hydrogens (tertiary/aromatic N) is 3. The molecule has 2 heterocycles. The summed E-state index contributed by atoms with van der Waals surface area (Å²) in [7, 11) is 0. The van der Waals surface area contributed by atoms with Crippen molar-refractivity contribution in [3.05, 3.63) is 54.6 Å². The molecule has 1 aliphatic heterocycles. The van der Waals surface area contributed by atoms with Gasteiger partial charge >= 0.3 is 0 Å². The minimum Gasteiger partial charge on any atom is -0.326 e. The molecular weight excluding hydrogens is 372 g/mol. The fourth-order valence-corrected chi connectivity index (χ4v) is 3.05. The molecule has 3 N–H and O–H groups in total. The molecule has 0 spiro atoms. The van der Waals surface area contributed by atoms with Gasteiger partial charge in [0.25, 0.3) is 5.91 Å². The van der Waals surface area contributed by atoms with Crippen molar-refractivity contribution < 1.29 is 14.4 Å². The normalized spacial score (nSPS) is 14.8. The number of benzene rings is 2. The minimum absolute atomic E-state index is 0.0795. The molecule has 3 aromatic rings. The maximum absolute atomic E-state index is 12.4. The third-order valence-corrected chi connectivity index (χ3v) is 4.36. The summed E-state index contributed by atoms with van der Waals surface area (Å²) in [4.78, 5) is 40.1. The summed E-state index contributed by atoms with van der Waals surface area (Å²) < 4.78 is 1.45. The largest absolute Gasteiger partial charge is 0.326 e. The van der Waals surface area contributed by atoms with Crippen LogP contribution in [0, 0.1) is 0 Å². The number of nitrogens with one attached hydrogen (secondary N) is 3. The number of hydrogen-bond donors (Lipinski definition) is 3. The second-order valence-electron chi connectivity index (χ2n) is 6.59. The molecule has 4 rings (SSSR count). The molecule has 29 heavy (non-hydrogen) atoms. The zero-order valence-electron chi connectivity index (χ0n) is 15.5. The molecule has 3 amide bonds. The first-order chi connectivity index (χ1) is 14.0. The van der Waals surface area contributed by atoms with Gasteiger partial charge in [-0.25, -0.2) is 4.68 Å². The van der Waals surface area contributed by atoms with E-state index in [0.717, 1.165) is 5.56 Å². The standard InChI is InChI=1S/C20H18N6O3/c1-12(27)21-14-7-9-15(10-8-14)22-17(28)11-16-19(29)24-20-23-18(25-26(16)20)13-5-3-2-4-6-13/h2-10,16H,11H2,1H3,(H,21,27)(H,22,28)(H,23,24,25,29)/t16-/m0/s1. The number of anilines is 3. The van der Waals surface area contributed by atoms with E-state index in [1.165, 1.54) is 11.6 Å². The van der Waals surface area contributed by atoms with Crippen LogP contribution in [0.5, 0.6) is 0 Å². The average Bonchev–Trinajstić information content (AvgIpc) is 3.22. The Labute approximate surface area is 166 Å². The Hall–Kier alpha value is -4.01. The van der Waals surface area contributed by atoms with E-state index in [1.807, 2.05) is 30.3 Å². The molecule has 1 aliphatic rings. The zero-order chi connectivity index (χ0) is 20.4. The van der Waals surface area contributed by atoms with Crippen LogP contribution in [0.25, 0.3) is 11.4 Å². The Morgan fingerprint density at radius 1 is 1.03 bits per heavy atom. The van der Waals surface area contributed by atoms with Gasteiger partial charge in [0, 0.05) is 23.9 Å². The predicted octanol–water partition coefficient (Wildman–Crippen LogP) is 2.43. The van der Waals surface area contributed by atoms with Gasteiger partial charge in [0.15, 0.2) is 5.82 Å². The molecule has 0 fully saturated rings. The number of aromatic nitrogens is 3. The Morgan fingerprint density at radius 3 is 2.34 bits per heavy atom. The van der Waals surface area contributed by atoms with Crippen molar-refractivity contribution in [2.45, 2.75) is 19.4 Å².